The fourth-order valence-corrected chi connectivity index (χ4v) is 2.18. The number of sulfonamides is 1. The van der Waals surface area contributed by atoms with Gasteiger partial charge in [0.05, 0.1) is 17.6 Å². The van der Waals surface area contributed by atoms with Crippen LogP contribution in [0.3, 0.4) is 0 Å². The highest BCUT2D eigenvalue weighted by molar-refractivity contribution is 7.89. The first-order chi connectivity index (χ1) is 9.16. The zero-order valence-corrected chi connectivity index (χ0v) is 12.0. The summed E-state index contributed by atoms with van der Waals surface area (Å²) in [5.74, 6) is -0.515. The number of nitrogens with zero attached hydrogens (tertiary/aromatic N) is 1. The molecule has 110 valence electrons. The minimum atomic E-state index is -4.12. The van der Waals surface area contributed by atoms with Gasteiger partial charge in [-0.25, -0.2) is 18.4 Å². The minimum absolute atomic E-state index is 0.0760. The molecule has 0 heterocycles. The quantitative estimate of drug-likeness (QED) is 0.827. The van der Waals surface area contributed by atoms with Crippen LogP contribution in [0, 0.1) is 0 Å². The third-order valence-electron chi connectivity index (χ3n) is 2.36. The molecular formula is C11H15N3O5S. The zero-order chi connectivity index (χ0) is 15.5. The SMILES string of the molecule is COC(=O)Nc1ccc(C(=O)N(C)C)c(S(N)(=O)=O)c1. The summed E-state index contributed by atoms with van der Waals surface area (Å²) in [6, 6.07) is 3.75. The van der Waals surface area contributed by atoms with Crippen LogP contribution in [0.25, 0.3) is 0 Å². The Balaban J connectivity index is 3.35. The van der Waals surface area contributed by atoms with Gasteiger partial charge >= 0.3 is 6.09 Å². The molecule has 20 heavy (non-hydrogen) atoms. The number of methoxy groups -OCH3 is 1. The van der Waals surface area contributed by atoms with Gasteiger partial charge in [-0.1, -0.05) is 0 Å². The lowest BCUT2D eigenvalue weighted by Crippen LogP contribution is -2.26. The molecule has 1 rings (SSSR count). The fourth-order valence-electron chi connectivity index (χ4n) is 1.42. The molecule has 0 aliphatic carbocycles. The monoisotopic (exact) mass is 301 g/mol. The number of nitrogens with two attached hydrogens (primary N) is 1. The molecule has 8 nitrogen and oxygen atoms in total. The van der Waals surface area contributed by atoms with Crippen molar-refractivity contribution in [2.45, 2.75) is 4.90 Å². The van der Waals surface area contributed by atoms with Crippen LogP contribution in [0.4, 0.5) is 10.5 Å². The summed E-state index contributed by atoms with van der Waals surface area (Å²) in [7, 11) is 0.0139. The molecule has 0 aromatic heterocycles. The summed E-state index contributed by atoms with van der Waals surface area (Å²) in [6.07, 6.45) is -0.767. The first-order valence-corrected chi connectivity index (χ1v) is 6.95. The molecule has 0 fully saturated rings. The molecule has 0 aliphatic rings. The molecule has 0 bridgehead atoms. The standard InChI is InChI=1S/C11H15N3O5S/c1-14(2)10(15)8-5-4-7(13-11(16)19-3)6-9(8)20(12,17)18/h4-6H,1-3H3,(H,13,16)(H2,12,17,18). The average molecular weight is 301 g/mol. The van der Waals surface area contributed by atoms with E-state index in [1.807, 2.05) is 0 Å². The molecular weight excluding hydrogens is 286 g/mol. The number of ether oxygens (including phenoxy) is 1. The van der Waals surface area contributed by atoms with Gasteiger partial charge in [0.2, 0.25) is 10.0 Å². The summed E-state index contributed by atoms with van der Waals surface area (Å²) in [6.45, 7) is 0. The second-order valence-electron chi connectivity index (χ2n) is 4.07. The molecule has 1 aromatic carbocycles. The second-order valence-corrected chi connectivity index (χ2v) is 5.60. The van der Waals surface area contributed by atoms with Gasteiger partial charge in [-0.05, 0) is 18.2 Å². The van der Waals surface area contributed by atoms with Gasteiger partial charge in [-0.3, -0.25) is 10.1 Å². The number of hydrogen-bond donors (Lipinski definition) is 2. The van der Waals surface area contributed by atoms with Crippen LogP contribution in [0.5, 0.6) is 0 Å². The maximum Gasteiger partial charge on any atom is 0.411 e. The Morgan fingerprint density at radius 1 is 1.30 bits per heavy atom. The topological polar surface area (TPSA) is 119 Å². The van der Waals surface area contributed by atoms with Gasteiger partial charge in [0.25, 0.3) is 5.91 Å². The number of carbonyl (C=O) groups excluding carboxylic acids is 2. The van der Waals surface area contributed by atoms with Crippen molar-refractivity contribution in [2.24, 2.45) is 5.14 Å². The number of anilines is 1. The van der Waals surface area contributed by atoms with E-state index < -0.39 is 22.0 Å². The number of nitrogens with one attached hydrogen (secondary N) is 1. The maximum atomic E-state index is 11.9. The zero-order valence-electron chi connectivity index (χ0n) is 11.2. The second kappa shape index (κ2) is 5.88. The molecule has 3 N–H and O–H groups in total. The Hall–Kier alpha value is -2.13. The Morgan fingerprint density at radius 2 is 1.90 bits per heavy atom. The van der Waals surface area contributed by atoms with E-state index in [-0.39, 0.29) is 16.1 Å². The number of primary sulfonamides is 1. The van der Waals surface area contributed by atoms with Crippen molar-refractivity contribution in [3.05, 3.63) is 23.8 Å². The van der Waals surface area contributed by atoms with Crippen molar-refractivity contribution in [3.63, 3.8) is 0 Å². The van der Waals surface area contributed by atoms with Gasteiger partial charge in [-0.2, -0.15) is 0 Å². The molecule has 0 unspecified atom stereocenters. The van der Waals surface area contributed by atoms with Crippen molar-refractivity contribution in [1.29, 1.82) is 0 Å². The highest BCUT2D eigenvalue weighted by Gasteiger charge is 2.21. The molecule has 0 saturated carbocycles. The van der Waals surface area contributed by atoms with E-state index in [0.717, 1.165) is 6.07 Å². The largest absolute Gasteiger partial charge is 0.453 e. The van der Waals surface area contributed by atoms with E-state index in [2.05, 4.69) is 10.1 Å². The van der Waals surface area contributed by atoms with Crippen LogP contribution in [0.1, 0.15) is 10.4 Å². The van der Waals surface area contributed by atoms with Crippen LogP contribution in [0.2, 0.25) is 0 Å². The lowest BCUT2D eigenvalue weighted by molar-refractivity contribution is 0.0824. The van der Waals surface area contributed by atoms with Gasteiger partial charge < -0.3 is 9.64 Å². The lowest BCUT2D eigenvalue weighted by Gasteiger charge is -2.14. The molecule has 0 saturated heterocycles. The molecule has 0 atom stereocenters. The summed E-state index contributed by atoms with van der Waals surface area (Å²) in [4.78, 5) is 23.8. The van der Waals surface area contributed by atoms with Crippen LogP contribution in [0.15, 0.2) is 23.1 Å². The number of hydrogen-bond acceptors (Lipinski definition) is 5. The third kappa shape index (κ3) is 3.68. The van der Waals surface area contributed by atoms with Crippen molar-refractivity contribution in [2.75, 3.05) is 26.5 Å². The van der Waals surface area contributed by atoms with E-state index >= 15 is 0 Å². The van der Waals surface area contributed by atoms with Crippen LogP contribution < -0.4 is 10.5 Å². The van der Waals surface area contributed by atoms with Crippen molar-refractivity contribution >= 4 is 27.7 Å². The number of amides is 2. The van der Waals surface area contributed by atoms with Crippen molar-refractivity contribution < 1.29 is 22.7 Å². The normalized spacial score (nSPS) is 10.8. The summed E-state index contributed by atoms with van der Waals surface area (Å²) in [5, 5.41) is 7.38. The van der Waals surface area contributed by atoms with E-state index in [1.54, 1.807) is 0 Å². The average Bonchev–Trinajstić information content (AvgIpc) is 2.36. The summed E-state index contributed by atoms with van der Waals surface area (Å²) < 4.78 is 27.5. The molecule has 0 aliphatic heterocycles. The summed E-state index contributed by atoms with van der Waals surface area (Å²) in [5.41, 5.74) is 0.0732. The Bertz CT molecular complexity index is 639. The Kier molecular flexibility index (Phi) is 4.69. The molecule has 0 radical (unpaired) electrons. The highest BCUT2D eigenvalue weighted by atomic mass is 32.2. The fraction of sp³-hybridized carbons (Fsp3) is 0.273. The van der Waals surface area contributed by atoms with Gasteiger partial charge in [0.15, 0.2) is 0 Å². The first kappa shape index (κ1) is 15.9. The van der Waals surface area contributed by atoms with Crippen molar-refractivity contribution in [3.8, 4) is 0 Å². The third-order valence-corrected chi connectivity index (χ3v) is 3.31. The van der Waals surface area contributed by atoms with E-state index in [1.165, 1.54) is 38.2 Å². The van der Waals surface area contributed by atoms with Crippen LogP contribution >= 0.6 is 0 Å². The number of carbonyl (C=O) groups is 2. The predicted octanol–water partition coefficient (Wildman–Crippen LogP) is 0.214. The smallest absolute Gasteiger partial charge is 0.411 e. The first-order valence-electron chi connectivity index (χ1n) is 5.40. The molecule has 2 amide bonds. The molecule has 0 spiro atoms. The van der Waals surface area contributed by atoms with E-state index in [9.17, 15) is 18.0 Å². The van der Waals surface area contributed by atoms with E-state index in [0.29, 0.717) is 0 Å². The van der Waals surface area contributed by atoms with Gasteiger partial charge in [0, 0.05) is 19.8 Å². The Morgan fingerprint density at radius 3 is 2.35 bits per heavy atom. The van der Waals surface area contributed by atoms with Crippen LogP contribution in [-0.2, 0) is 14.8 Å². The molecule has 9 heteroatoms. The minimum Gasteiger partial charge on any atom is -0.453 e. The predicted molar refractivity (Wildman–Crippen MR) is 71.9 cm³/mol. The number of rotatable bonds is 3. The lowest BCUT2D eigenvalue weighted by atomic mass is 10.2. The molecule has 1 aromatic rings. The van der Waals surface area contributed by atoms with Gasteiger partial charge in [0.1, 0.15) is 0 Å². The summed E-state index contributed by atoms with van der Waals surface area (Å²) >= 11 is 0. The van der Waals surface area contributed by atoms with Gasteiger partial charge in [-0.15, -0.1) is 0 Å². The maximum absolute atomic E-state index is 11.9. The van der Waals surface area contributed by atoms with Crippen molar-refractivity contribution in [1.82, 2.24) is 4.90 Å². The van der Waals surface area contributed by atoms with Crippen LogP contribution in [-0.4, -0.2) is 46.5 Å². The van der Waals surface area contributed by atoms with E-state index in [4.69, 9.17) is 5.14 Å². The Labute approximate surface area is 116 Å². The highest BCUT2D eigenvalue weighted by Crippen LogP contribution is 2.21. The number of benzene rings is 1.